The Hall–Kier alpha value is -0.810. The number of carbonyl (C=O) groups is 2. The zero-order valence-corrected chi connectivity index (χ0v) is 8.47. The largest absolute Gasteiger partial charge is 0.369 e. The molecule has 80 valence electrons. The molecule has 2 fully saturated rings. The average molecular weight is 220 g/mol. The molecule has 2 aliphatic carbocycles. The minimum Gasteiger partial charge on any atom is -0.369 e. The summed E-state index contributed by atoms with van der Waals surface area (Å²) in [6.07, 6.45) is 1.97. The Balaban J connectivity index is 0.000000980. The fraction of sp³-hybridized carbons (Fsp3) is 0.750. The zero-order valence-electron chi connectivity index (χ0n) is 7.66. The van der Waals surface area contributed by atoms with Gasteiger partial charge in [0.1, 0.15) is 5.41 Å². The molecule has 0 radical (unpaired) electrons. The van der Waals surface area contributed by atoms with Crippen molar-refractivity contribution in [1.82, 2.24) is 5.32 Å². The molecule has 2 rings (SSSR count). The Morgan fingerprint density at radius 1 is 1.36 bits per heavy atom. The van der Waals surface area contributed by atoms with Gasteiger partial charge in [-0.15, -0.1) is 12.4 Å². The Kier molecular flexibility index (Phi) is 2.74. The molecule has 2 amide bonds. The number of carbonyl (C=O) groups excluding carboxylic acids is 2. The van der Waals surface area contributed by atoms with E-state index >= 15 is 0 Å². The number of amides is 2. The van der Waals surface area contributed by atoms with Gasteiger partial charge in [-0.1, -0.05) is 0 Å². The molecule has 0 bridgehead atoms. The number of nitrogens with two attached hydrogens (primary N) is 2. The topological polar surface area (TPSA) is 98.2 Å². The fourth-order valence-corrected chi connectivity index (χ4v) is 1.40. The van der Waals surface area contributed by atoms with E-state index in [9.17, 15) is 9.59 Å². The van der Waals surface area contributed by atoms with E-state index in [1.165, 1.54) is 0 Å². The monoisotopic (exact) mass is 219 g/mol. The molecule has 0 aromatic rings. The lowest BCUT2D eigenvalue weighted by Gasteiger charge is -2.10. The molecular weight excluding hydrogens is 206 g/mol. The van der Waals surface area contributed by atoms with Gasteiger partial charge in [0.05, 0.1) is 0 Å². The third kappa shape index (κ3) is 1.69. The molecular formula is C8H14ClN3O2. The fourth-order valence-electron chi connectivity index (χ4n) is 1.40. The van der Waals surface area contributed by atoms with Crippen LogP contribution in [0.15, 0.2) is 0 Å². The lowest BCUT2D eigenvalue weighted by atomic mass is 10.1. The van der Waals surface area contributed by atoms with Crippen molar-refractivity contribution in [3.63, 3.8) is 0 Å². The Labute approximate surface area is 88.0 Å². The van der Waals surface area contributed by atoms with Crippen LogP contribution in [-0.2, 0) is 9.59 Å². The molecule has 5 nitrogen and oxygen atoms in total. The van der Waals surface area contributed by atoms with Gasteiger partial charge in [0.15, 0.2) is 0 Å². The molecule has 2 atom stereocenters. The van der Waals surface area contributed by atoms with Gasteiger partial charge in [0.25, 0.3) is 0 Å². The van der Waals surface area contributed by atoms with Gasteiger partial charge >= 0.3 is 0 Å². The van der Waals surface area contributed by atoms with Crippen LogP contribution < -0.4 is 16.8 Å². The minimum absolute atomic E-state index is 0. The summed E-state index contributed by atoms with van der Waals surface area (Å²) in [6.45, 7) is 0. The van der Waals surface area contributed by atoms with Crippen molar-refractivity contribution in [3.05, 3.63) is 0 Å². The normalized spacial score (nSPS) is 31.2. The highest BCUT2D eigenvalue weighted by molar-refractivity contribution is 6.07. The summed E-state index contributed by atoms with van der Waals surface area (Å²) in [7, 11) is 0. The summed E-state index contributed by atoms with van der Waals surface area (Å²) in [5.74, 6) is -0.753. The van der Waals surface area contributed by atoms with Crippen LogP contribution in [0.2, 0.25) is 0 Å². The highest BCUT2D eigenvalue weighted by atomic mass is 35.5. The van der Waals surface area contributed by atoms with Crippen LogP contribution in [0, 0.1) is 5.41 Å². The molecule has 2 saturated carbocycles. The van der Waals surface area contributed by atoms with E-state index in [-0.39, 0.29) is 30.4 Å². The maximum atomic E-state index is 11.5. The standard InChI is InChI=1S/C8H13N3O2.ClH/c9-4-3-5(4)11-7(13)8(1-2-8)6(10)12;/h4-5H,1-3,9H2,(H2,10,12)(H,11,13);1H. The van der Waals surface area contributed by atoms with Crippen LogP contribution >= 0.6 is 12.4 Å². The van der Waals surface area contributed by atoms with Gasteiger partial charge in [-0.2, -0.15) is 0 Å². The highest BCUT2D eigenvalue weighted by Crippen LogP contribution is 2.45. The molecule has 2 aliphatic rings. The van der Waals surface area contributed by atoms with Gasteiger partial charge in [0, 0.05) is 12.1 Å². The van der Waals surface area contributed by atoms with Crippen molar-refractivity contribution >= 4 is 24.2 Å². The van der Waals surface area contributed by atoms with Crippen LogP contribution in [0.3, 0.4) is 0 Å². The van der Waals surface area contributed by atoms with E-state index in [2.05, 4.69) is 5.32 Å². The number of hydrogen-bond donors (Lipinski definition) is 3. The molecule has 0 aromatic heterocycles. The molecule has 0 saturated heterocycles. The first-order valence-corrected chi connectivity index (χ1v) is 4.43. The van der Waals surface area contributed by atoms with Crippen LogP contribution in [0.1, 0.15) is 19.3 Å². The van der Waals surface area contributed by atoms with Crippen molar-refractivity contribution in [3.8, 4) is 0 Å². The van der Waals surface area contributed by atoms with Crippen molar-refractivity contribution in [2.24, 2.45) is 16.9 Å². The Bertz CT molecular complexity index is 278. The van der Waals surface area contributed by atoms with E-state index in [0.717, 1.165) is 6.42 Å². The van der Waals surface area contributed by atoms with Crippen LogP contribution in [0.5, 0.6) is 0 Å². The maximum Gasteiger partial charge on any atom is 0.235 e. The molecule has 0 spiro atoms. The second-order valence-electron chi connectivity index (χ2n) is 3.93. The van der Waals surface area contributed by atoms with E-state index in [1.54, 1.807) is 0 Å². The molecule has 6 heteroatoms. The van der Waals surface area contributed by atoms with Gasteiger partial charge < -0.3 is 16.8 Å². The summed E-state index contributed by atoms with van der Waals surface area (Å²) in [5, 5.41) is 2.72. The van der Waals surface area contributed by atoms with E-state index in [1.807, 2.05) is 0 Å². The Morgan fingerprint density at radius 2 is 1.86 bits per heavy atom. The van der Waals surface area contributed by atoms with Gasteiger partial charge in [-0.25, -0.2) is 0 Å². The molecule has 0 aromatic carbocycles. The first-order chi connectivity index (χ1) is 6.06. The number of halogens is 1. The molecule has 0 aliphatic heterocycles. The maximum absolute atomic E-state index is 11.5. The number of rotatable bonds is 3. The molecule has 0 heterocycles. The van der Waals surface area contributed by atoms with Gasteiger partial charge in [-0.3, -0.25) is 9.59 Å². The quantitative estimate of drug-likeness (QED) is 0.525. The lowest BCUT2D eigenvalue weighted by Crippen LogP contribution is -2.42. The summed E-state index contributed by atoms with van der Waals surface area (Å²) < 4.78 is 0. The third-order valence-corrected chi connectivity index (χ3v) is 2.81. The first kappa shape index (κ1) is 11.3. The first-order valence-electron chi connectivity index (χ1n) is 4.43. The summed E-state index contributed by atoms with van der Waals surface area (Å²) in [5.41, 5.74) is 9.76. The summed E-state index contributed by atoms with van der Waals surface area (Å²) >= 11 is 0. The van der Waals surface area contributed by atoms with E-state index in [0.29, 0.717) is 12.8 Å². The predicted octanol–water partition coefficient (Wildman–Crippen LogP) is -1.11. The third-order valence-electron chi connectivity index (χ3n) is 2.81. The average Bonchev–Trinajstić information content (AvgIpc) is 2.87. The predicted molar refractivity (Wildman–Crippen MR) is 52.6 cm³/mol. The van der Waals surface area contributed by atoms with Crippen LogP contribution in [0.25, 0.3) is 0 Å². The van der Waals surface area contributed by atoms with Crippen molar-refractivity contribution in [2.75, 3.05) is 0 Å². The smallest absolute Gasteiger partial charge is 0.235 e. The molecule has 14 heavy (non-hydrogen) atoms. The second kappa shape index (κ2) is 3.40. The summed E-state index contributed by atoms with van der Waals surface area (Å²) in [6, 6.07) is 0.122. The van der Waals surface area contributed by atoms with Gasteiger partial charge in [0.2, 0.25) is 11.8 Å². The number of hydrogen-bond acceptors (Lipinski definition) is 3. The molecule has 2 unspecified atom stereocenters. The minimum atomic E-state index is -0.900. The van der Waals surface area contributed by atoms with E-state index in [4.69, 9.17) is 11.5 Å². The zero-order chi connectivity index (χ0) is 9.64. The van der Waals surface area contributed by atoms with Gasteiger partial charge in [-0.05, 0) is 19.3 Å². The SMILES string of the molecule is Cl.NC(=O)C1(C(=O)NC2CC2N)CC1. The molecule has 5 N–H and O–H groups in total. The van der Waals surface area contributed by atoms with Crippen molar-refractivity contribution < 1.29 is 9.59 Å². The number of primary amides is 1. The summed E-state index contributed by atoms with van der Waals surface area (Å²) in [4.78, 5) is 22.4. The van der Waals surface area contributed by atoms with Crippen molar-refractivity contribution in [1.29, 1.82) is 0 Å². The highest BCUT2D eigenvalue weighted by Gasteiger charge is 2.56. The van der Waals surface area contributed by atoms with Crippen LogP contribution in [0.4, 0.5) is 0 Å². The van der Waals surface area contributed by atoms with E-state index < -0.39 is 11.3 Å². The number of nitrogens with one attached hydrogen (secondary N) is 1. The Morgan fingerprint density at radius 3 is 2.14 bits per heavy atom. The lowest BCUT2D eigenvalue weighted by molar-refractivity contribution is -0.135. The second-order valence-corrected chi connectivity index (χ2v) is 3.93. The van der Waals surface area contributed by atoms with Crippen LogP contribution in [-0.4, -0.2) is 23.9 Å². The van der Waals surface area contributed by atoms with Crippen molar-refractivity contribution in [2.45, 2.75) is 31.3 Å².